The monoisotopic (exact) mass is 389 g/mol. The molecule has 2 nitrogen and oxygen atoms in total. The number of nitrogens with one attached hydrogen (secondary N) is 1. The largest absolute Gasteiger partial charge is 0.355 e. The van der Waals surface area contributed by atoms with Gasteiger partial charge >= 0.3 is 0 Å². The molecule has 0 saturated carbocycles. The summed E-state index contributed by atoms with van der Waals surface area (Å²) in [4.78, 5) is 10.7. The van der Waals surface area contributed by atoms with E-state index in [1.807, 2.05) is 36.4 Å². The number of hydrogen-bond donors (Lipinski definition) is 1. The summed E-state index contributed by atoms with van der Waals surface area (Å²) in [6, 6.07) is 37.8. The highest BCUT2D eigenvalue weighted by atomic mass is 16.1. The van der Waals surface area contributed by atoms with Crippen LogP contribution in [0.1, 0.15) is 11.1 Å². The SMILES string of the molecule is O=CNCC=C(c1ccc(-c2ccccc2)cc1)c1ccc(-c2ccccc2)cc1. The lowest BCUT2D eigenvalue weighted by Gasteiger charge is -2.11. The normalized spacial score (nSPS) is 10.3. The van der Waals surface area contributed by atoms with Crippen molar-refractivity contribution >= 4 is 12.0 Å². The number of benzene rings is 4. The summed E-state index contributed by atoms with van der Waals surface area (Å²) in [5.74, 6) is 0. The molecule has 0 saturated heterocycles. The molecule has 146 valence electrons. The van der Waals surface area contributed by atoms with E-state index in [1.165, 1.54) is 22.3 Å². The minimum atomic E-state index is 0.486. The van der Waals surface area contributed by atoms with Crippen LogP contribution in [-0.4, -0.2) is 13.0 Å². The first-order valence-electron chi connectivity index (χ1n) is 10.0. The van der Waals surface area contributed by atoms with E-state index in [-0.39, 0.29) is 0 Å². The Hall–Kier alpha value is -3.91. The molecule has 0 aromatic heterocycles. The molecule has 1 N–H and O–H groups in total. The Morgan fingerprint density at radius 2 is 0.967 bits per heavy atom. The zero-order valence-corrected chi connectivity index (χ0v) is 16.7. The van der Waals surface area contributed by atoms with Crippen molar-refractivity contribution in [2.24, 2.45) is 0 Å². The van der Waals surface area contributed by atoms with Crippen LogP contribution in [-0.2, 0) is 4.79 Å². The molecule has 0 aliphatic rings. The fourth-order valence-electron chi connectivity index (χ4n) is 3.56. The lowest BCUT2D eigenvalue weighted by atomic mass is 9.94. The van der Waals surface area contributed by atoms with Gasteiger partial charge in [-0.1, -0.05) is 115 Å². The third-order valence-electron chi connectivity index (χ3n) is 5.11. The van der Waals surface area contributed by atoms with E-state index in [2.05, 4.69) is 84.2 Å². The van der Waals surface area contributed by atoms with Crippen molar-refractivity contribution in [3.05, 3.63) is 126 Å². The third-order valence-corrected chi connectivity index (χ3v) is 5.11. The molecule has 4 aromatic carbocycles. The zero-order valence-electron chi connectivity index (χ0n) is 16.7. The minimum Gasteiger partial charge on any atom is -0.355 e. The lowest BCUT2D eigenvalue weighted by Crippen LogP contribution is -2.10. The van der Waals surface area contributed by atoms with Crippen molar-refractivity contribution in [3.8, 4) is 22.3 Å². The van der Waals surface area contributed by atoms with Crippen LogP contribution in [0.25, 0.3) is 27.8 Å². The van der Waals surface area contributed by atoms with Gasteiger partial charge in [0.25, 0.3) is 0 Å². The Bertz CT molecular complexity index is 1030. The molecule has 1 amide bonds. The smallest absolute Gasteiger partial charge is 0.207 e. The first-order valence-corrected chi connectivity index (χ1v) is 10.0. The molecule has 0 radical (unpaired) electrons. The highest BCUT2D eigenvalue weighted by Gasteiger charge is 2.07. The van der Waals surface area contributed by atoms with Crippen molar-refractivity contribution in [3.63, 3.8) is 0 Å². The van der Waals surface area contributed by atoms with E-state index >= 15 is 0 Å². The van der Waals surface area contributed by atoms with Crippen LogP contribution >= 0.6 is 0 Å². The fourth-order valence-corrected chi connectivity index (χ4v) is 3.56. The summed E-state index contributed by atoms with van der Waals surface area (Å²) in [5, 5.41) is 2.74. The first kappa shape index (κ1) is 19.4. The quantitative estimate of drug-likeness (QED) is 0.296. The average molecular weight is 389 g/mol. The summed E-state index contributed by atoms with van der Waals surface area (Å²) in [5.41, 5.74) is 8.11. The predicted molar refractivity (Wildman–Crippen MR) is 125 cm³/mol. The molecule has 4 aromatic rings. The molecule has 30 heavy (non-hydrogen) atoms. The van der Waals surface area contributed by atoms with Gasteiger partial charge in [0.15, 0.2) is 0 Å². The average Bonchev–Trinajstić information content (AvgIpc) is 2.83. The van der Waals surface area contributed by atoms with Crippen LogP contribution in [0, 0.1) is 0 Å². The van der Waals surface area contributed by atoms with Crippen molar-refractivity contribution in [1.82, 2.24) is 5.32 Å². The predicted octanol–water partition coefficient (Wildman–Crippen LogP) is 6.20. The minimum absolute atomic E-state index is 0.486. The van der Waals surface area contributed by atoms with E-state index < -0.39 is 0 Å². The van der Waals surface area contributed by atoms with Gasteiger partial charge in [-0.2, -0.15) is 0 Å². The van der Waals surface area contributed by atoms with Gasteiger partial charge < -0.3 is 5.32 Å². The Balaban J connectivity index is 1.65. The number of hydrogen-bond acceptors (Lipinski definition) is 1. The third kappa shape index (κ3) is 4.56. The maximum Gasteiger partial charge on any atom is 0.207 e. The van der Waals surface area contributed by atoms with Crippen LogP contribution in [0.4, 0.5) is 0 Å². The van der Waals surface area contributed by atoms with Gasteiger partial charge in [0.2, 0.25) is 6.41 Å². The maximum absolute atomic E-state index is 10.7. The molecule has 0 aliphatic carbocycles. The molecule has 0 bridgehead atoms. The number of amides is 1. The second-order valence-electron chi connectivity index (χ2n) is 7.03. The lowest BCUT2D eigenvalue weighted by molar-refractivity contribution is -0.109. The molecule has 0 spiro atoms. The Labute approximate surface area is 177 Å². The number of carbonyl (C=O) groups excluding carboxylic acids is 1. The van der Waals surface area contributed by atoms with E-state index in [0.717, 1.165) is 23.1 Å². The van der Waals surface area contributed by atoms with Gasteiger partial charge in [-0.25, -0.2) is 0 Å². The van der Waals surface area contributed by atoms with Gasteiger partial charge in [-0.05, 0) is 39.0 Å². The van der Waals surface area contributed by atoms with Crippen molar-refractivity contribution in [2.45, 2.75) is 0 Å². The second kappa shape index (κ2) is 9.53. The molecule has 4 rings (SSSR count). The summed E-state index contributed by atoms with van der Waals surface area (Å²) in [7, 11) is 0. The highest BCUT2D eigenvalue weighted by Crippen LogP contribution is 2.28. The fraction of sp³-hybridized carbons (Fsp3) is 0.0357. The van der Waals surface area contributed by atoms with E-state index in [4.69, 9.17) is 0 Å². The van der Waals surface area contributed by atoms with Gasteiger partial charge in [0, 0.05) is 6.54 Å². The van der Waals surface area contributed by atoms with E-state index in [0.29, 0.717) is 6.54 Å². The zero-order chi connectivity index (χ0) is 20.6. The van der Waals surface area contributed by atoms with Crippen LogP contribution in [0.5, 0.6) is 0 Å². The van der Waals surface area contributed by atoms with Gasteiger partial charge in [-0.15, -0.1) is 0 Å². The van der Waals surface area contributed by atoms with Crippen LogP contribution in [0.15, 0.2) is 115 Å². The Morgan fingerprint density at radius 3 is 1.37 bits per heavy atom. The highest BCUT2D eigenvalue weighted by molar-refractivity contribution is 5.82. The van der Waals surface area contributed by atoms with Gasteiger partial charge in [-0.3, -0.25) is 4.79 Å². The maximum atomic E-state index is 10.7. The Morgan fingerprint density at radius 1 is 0.567 bits per heavy atom. The van der Waals surface area contributed by atoms with Crippen molar-refractivity contribution in [2.75, 3.05) is 6.54 Å². The Kier molecular flexibility index (Phi) is 6.16. The topological polar surface area (TPSA) is 29.1 Å². The second-order valence-corrected chi connectivity index (χ2v) is 7.03. The van der Waals surface area contributed by atoms with Gasteiger partial charge in [0.1, 0.15) is 0 Å². The molecular formula is C28H23NO. The van der Waals surface area contributed by atoms with Crippen molar-refractivity contribution < 1.29 is 4.79 Å². The van der Waals surface area contributed by atoms with Crippen LogP contribution in [0.3, 0.4) is 0 Å². The molecule has 2 heteroatoms. The van der Waals surface area contributed by atoms with Crippen LogP contribution < -0.4 is 5.32 Å². The molecule has 0 fully saturated rings. The van der Waals surface area contributed by atoms with Crippen LogP contribution in [0.2, 0.25) is 0 Å². The van der Waals surface area contributed by atoms with Crippen molar-refractivity contribution in [1.29, 1.82) is 0 Å². The summed E-state index contributed by atoms with van der Waals surface area (Å²) in [6.07, 6.45) is 2.79. The molecule has 0 unspecified atom stereocenters. The molecular weight excluding hydrogens is 366 g/mol. The molecule has 0 atom stereocenters. The standard InChI is InChI=1S/C28H23NO/c30-21-29-20-19-28(26-15-11-24(12-16-26)22-7-3-1-4-8-22)27-17-13-25(14-18-27)23-9-5-2-6-10-23/h1-19,21H,20H2,(H,29,30). The summed E-state index contributed by atoms with van der Waals surface area (Å²) in [6.45, 7) is 0.486. The first-order chi connectivity index (χ1) is 14.8. The van der Waals surface area contributed by atoms with E-state index in [9.17, 15) is 4.79 Å². The number of rotatable bonds is 7. The van der Waals surface area contributed by atoms with Gasteiger partial charge in [0.05, 0.1) is 0 Å². The van der Waals surface area contributed by atoms with E-state index in [1.54, 1.807) is 0 Å². The summed E-state index contributed by atoms with van der Waals surface area (Å²) >= 11 is 0. The number of carbonyl (C=O) groups is 1. The molecule has 0 heterocycles. The summed E-state index contributed by atoms with van der Waals surface area (Å²) < 4.78 is 0. The molecule has 0 aliphatic heterocycles.